The molecule has 0 aliphatic heterocycles. The van der Waals surface area contributed by atoms with Crippen LogP contribution in [0.1, 0.15) is 34.1 Å². The number of alkyl halides is 2. The molecule has 0 spiro atoms. The standard InChI is InChI=1S/C9H18F2O/c1-7(2)5-9(10,11)6-12-8(3)4/h7-8H,5-6H2,1-4H3. The topological polar surface area (TPSA) is 9.23 Å². The van der Waals surface area contributed by atoms with Crippen LogP contribution in [0.5, 0.6) is 0 Å². The highest BCUT2D eigenvalue weighted by atomic mass is 19.3. The minimum absolute atomic E-state index is 0.00997. The molecule has 0 saturated heterocycles. The van der Waals surface area contributed by atoms with Crippen molar-refractivity contribution in [3.63, 3.8) is 0 Å². The van der Waals surface area contributed by atoms with Crippen LogP contribution in [0.3, 0.4) is 0 Å². The normalized spacial score (nSPS) is 13.0. The third kappa shape index (κ3) is 6.53. The van der Waals surface area contributed by atoms with E-state index in [-0.39, 0.29) is 18.4 Å². The first kappa shape index (κ1) is 11.8. The minimum atomic E-state index is -2.67. The number of hydrogen-bond acceptors (Lipinski definition) is 1. The smallest absolute Gasteiger partial charge is 0.271 e. The maximum Gasteiger partial charge on any atom is 0.271 e. The van der Waals surface area contributed by atoms with Gasteiger partial charge in [-0.2, -0.15) is 0 Å². The molecule has 0 bridgehead atoms. The Balaban J connectivity index is 3.71. The zero-order valence-corrected chi connectivity index (χ0v) is 8.23. The molecule has 0 aromatic carbocycles. The van der Waals surface area contributed by atoms with E-state index in [1.165, 1.54) is 0 Å². The van der Waals surface area contributed by atoms with Gasteiger partial charge in [-0.3, -0.25) is 0 Å². The zero-order chi connectivity index (χ0) is 9.78. The Hall–Kier alpha value is -0.180. The highest BCUT2D eigenvalue weighted by Crippen LogP contribution is 2.23. The Morgan fingerprint density at radius 2 is 1.67 bits per heavy atom. The van der Waals surface area contributed by atoms with Crippen molar-refractivity contribution < 1.29 is 13.5 Å². The molecule has 0 aliphatic carbocycles. The van der Waals surface area contributed by atoms with Gasteiger partial charge in [0.2, 0.25) is 0 Å². The summed E-state index contributed by atoms with van der Waals surface area (Å²) in [5, 5.41) is 0. The third-order valence-electron chi connectivity index (χ3n) is 1.33. The Labute approximate surface area is 73.1 Å². The van der Waals surface area contributed by atoms with Gasteiger partial charge >= 0.3 is 0 Å². The summed E-state index contributed by atoms with van der Waals surface area (Å²) in [6.45, 7) is 6.62. The van der Waals surface area contributed by atoms with Gasteiger partial charge in [0.1, 0.15) is 6.61 Å². The minimum Gasteiger partial charge on any atom is -0.373 e. The van der Waals surface area contributed by atoms with Crippen molar-refractivity contribution in [2.45, 2.75) is 46.1 Å². The van der Waals surface area contributed by atoms with Gasteiger partial charge in [-0.15, -0.1) is 0 Å². The summed E-state index contributed by atoms with van der Waals surface area (Å²) in [4.78, 5) is 0. The van der Waals surface area contributed by atoms with Gasteiger partial charge in [-0.05, 0) is 19.8 Å². The summed E-state index contributed by atoms with van der Waals surface area (Å²) < 4.78 is 30.7. The van der Waals surface area contributed by atoms with Crippen LogP contribution in [-0.4, -0.2) is 18.6 Å². The van der Waals surface area contributed by atoms with E-state index in [2.05, 4.69) is 0 Å². The van der Waals surface area contributed by atoms with Crippen molar-refractivity contribution in [1.29, 1.82) is 0 Å². The lowest BCUT2D eigenvalue weighted by Crippen LogP contribution is -2.27. The Kier molecular flexibility index (Phi) is 4.68. The lowest BCUT2D eigenvalue weighted by molar-refractivity contribution is -0.103. The predicted octanol–water partition coefficient (Wildman–Crippen LogP) is 3.09. The molecule has 0 radical (unpaired) electrons. The lowest BCUT2D eigenvalue weighted by atomic mass is 10.1. The van der Waals surface area contributed by atoms with E-state index < -0.39 is 12.5 Å². The average Bonchev–Trinajstić information content (AvgIpc) is 1.81. The SMILES string of the molecule is CC(C)CC(F)(F)COC(C)C. The van der Waals surface area contributed by atoms with Crippen LogP contribution in [0.25, 0.3) is 0 Å². The summed E-state index contributed by atoms with van der Waals surface area (Å²) in [6.07, 6.45) is -0.220. The molecule has 0 heterocycles. The Morgan fingerprint density at radius 3 is 2.00 bits per heavy atom. The van der Waals surface area contributed by atoms with Crippen LogP contribution in [0.15, 0.2) is 0 Å². The quantitative estimate of drug-likeness (QED) is 0.631. The first-order valence-electron chi connectivity index (χ1n) is 4.33. The van der Waals surface area contributed by atoms with E-state index in [0.717, 1.165) is 0 Å². The second-order valence-electron chi connectivity index (χ2n) is 3.81. The Morgan fingerprint density at radius 1 is 1.17 bits per heavy atom. The molecule has 0 aromatic rings. The van der Waals surface area contributed by atoms with Crippen LogP contribution >= 0.6 is 0 Å². The predicted molar refractivity (Wildman–Crippen MR) is 45.5 cm³/mol. The van der Waals surface area contributed by atoms with Gasteiger partial charge in [0, 0.05) is 6.42 Å². The molecule has 12 heavy (non-hydrogen) atoms. The van der Waals surface area contributed by atoms with Crippen LogP contribution in [-0.2, 0) is 4.74 Å². The highest BCUT2D eigenvalue weighted by Gasteiger charge is 2.30. The van der Waals surface area contributed by atoms with E-state index >= 15 is 0 Å². The number of halogens is 2. The number of ether oxygens (including phenoxy) is 1. The summed E-state index contributed by atoms with van der Waals surface area (Å²) in [5.74, 6) is -2.66. The second-order valence-corrected chi connectivity index (χ2v) is 3.81. The van der Waals surface area contributed by atoms with Crippen molar-refractivity contribution in [2.75, 3.05) is 6.61 Å². The molecule has 0 aromatic heterocycles. The van der Waals surface area contributed by atoms with Crippen LogP contribution < -0.4 is 0 Å². The molecule has 0 N–H and O–H groups in total. The first-order chi connectivity index (χ1) is 5.33. The average molecular weight is 180 g/mol. The van der Waals surface area contributed by atoms with Gasteiger partial charge in [0.25, 0.3) is 5.92 Å². The molecule has 0 unspecified atom stereocenters. The largest absolute Gasteiger partial charge is 0.373 e. The highest BCUT2D eigenvalue weighted by molar-refractivity contribution is 4.67. The van der Waals surface area contributed by atoms with E-state index in [4.69, 9.17) is 4.74 Å². The molecule has 0 atom stereocenters. The third-order valence-corrected chi connectivity index (χ3v) is 1.33. The van der Waals surface area contributed by atoms with Crippen molar-refractivity contribution >= 4 is 0 Å². The van der Waals surface area contributed by atoms with Crippen LogP contribution in [0.4, 0.5) is 8.78 Å². The molecule has 1 nitrogen and oxygen atoms in total. The number of rotatable bonds is 5. The summed E-state index contributed by atoms with van der Waals surface area (Å²) in [5.41, 5.74) is 0. The van der Waals surface area contributed by atoms with Crippen molar-refractivity contribution in [1.82, 2.24) is 0 Å². The molecular weight excluding hydrogens is 162 g/mol. The molecule has 74 valence electrons. The molecule has 3 heteroatoms. The van der Waals surface area contributed by atoms with Gasteiger partial charge in [-0.1, -0.05) is 13.8 Å². The molecule has 0 saturated carbocycles. The Bertz CT molecular complexity index is 122. The van der Waals surface area contributed by atoms with Gasteiger partial charge in [0.15, 0.2) is 0 Å². The maximum absolute atomic E-state index is 12.9. The summed E-state index contributed by atoms with van der Waals surface area (Å²) >= 11 is 0. The van der Waals surface area contributed by atoms with Crippen molar-refractivity contribution in [2.24, 2.45) is 5.92 Å². The molecule has 0 rings (SSSR count). The molecule has 0 fully saturated rings. The fourth-order valence-corrected chi connectivity index (χ4v) is 0.945. The number of hydrogen-bond donors (Lipinski definition) is 0. The van der Waals surface area contributed by atoms with E-state index in [1.54, 1.807) is 27.7 Å². The summed E-state index contributed by atoms with van der Waals surface area (Å²) in [6, 6.07) is 0. The van der Waals surface area contributed by atoms with Crippen molar-refractivity contribution in [3.05, 3.63) is 0 Å². The van der Waals surface area contributed by atoms with Crippen LogP contribution in [0, 0.1) is 5.92 Å². The van der Waals surface area contributed by atoms with E-state index in [1.807, 2.05) is 0 Å². The van der Waals surface area contributed by atoms with Crippen molar-refractivity contribution in [3.8, 4) is 0 Å². The summed E-state index contributed by atoms with van der Waals surface area (Å²) in [7, 11) is 0. The first-order valence-corrected chi connectivity index (χ1v) is 4.33. The van der Waals surface area contributed by atoms with Gasteiger partial charge in [-0.25, -0.2) is 8.78 Å². The maximum atomic E-state index is 12.9. The van der Waals surface area contributed by atoms with Gasteiger partial charge in [0.05, 0.1) is 6.10 Å². The van der Waals surface area contributed by atoms with Crippen LogP contribution in [0.2, 0.25) is 0 Å². The van der Waals surface area contributed by atoms with Gasteiger partial charge < -0.3 is 4.74 Å². The van der Waals surface area contributed by atoms with E-state index in [0.29, 0.717) is 0 Å². The zero-order valence-electron chi connectivity index (χ0n) is 8.23. The second kappa shape index (κ2) is 4.75. The molecule has 0 aliphatic rings. The molecular formula is C9H18F2O. The fourth-order valence-electron chi connectivity index (χ4n) is 0.945. The monoisotopic (exact) mass is 180 g/mol. The molecule has 0 amide bonds. The fraction of sp³-hybridized carbons (Fsp3) is 1.00. The van der Waals surface area contributed by atoms with E-state index in [9.17, 15) is 8.78 Å². The lowest BCUT2D eigenvalue weighted by Gasteiger charge is -2.19.